The van der Waals surface area contributed by atoms with Crippen LogP contribution in [0.1, 0.15) is 42.6 Å². The minimum atomic E-state index is -0.994. The number of carbonyl (C=O) groups is 2. The second-order valence-electron chi connectivity index (χ2n) is 5.81. The van der Waals surface area contributed by atoms with Gasteiger partial charge in [0.1, 0.15) is 6.61 Å². The number of hydrogen-bond donors (Lipinski definition) is 2. The molecule has 0 saturated heterocycles. The maximum absolute atomic E-state index is 12.0. The van der Waals surface area contributed by atoms with Gasteiger partial charge in [-0.15, -0.1) is 0 Å². The van der Waals surface area contributed by atoms with Crippen LogP contribution in [0.3, 0.4) is 0 Å². The lowest BCUT2D eigenvalue weighted by Crippen LogP contribution is -2.32. The number of carbonyl (C=O) groups excluding carboxylic acids is 1. The summed E-state index contributed by atoms with van der Waals surface area (Å²) in [4.78, 5) is 27.3. The SMILES string of the molecule is O=C(O)CC(NC(=O)OCc1ccccc1)c1cncn1C1CC1. The molecule has 24 heavy (non-hydrogen) atoms. The monoisotopic (exact) mass is 329 g/mol. The van der Waals surface area contributed by atoms with Gasteiger partial charge in [-0.2, -0.15) is 0 Å². The molecule has 1 aliphatic carbocycles. The van der Waals surface area contributed by atoms with Crippen molar-refractivity contribution in [2.45, 2.75) is 38.0 Å². The molecule has 2 aromatic rings. The molecule has 126 valence electrons. The third kappa shape index (κ3) is 4.13. The van der Waals surface area contributed by atoms with Gasteiger partial charge in [0.05, 0.1) is 30.7 Å². The Hall–Kier alpha value is -2.83. The summed E-state index contributed by atoms with van der Waals surface area (Å²) in [6.45, 7) is 0.133. The molecule has 7 heteroatoms. The van der Waals surface area contributed by atoms with Crippen LogP contribution < -0.4 is 5.32 Å². The number of hydrogen-bond acceptors (Lipinski definition) is 4. The fourth-order valence-electron chi connectivity index (χ4n) is 2.55. The number of imidazole rings is 1. The van der Waals surface area contributed by atoms with Gasteiger partial charge >= 0.3 is 12.1 Å². The Morgan fingerprint density at radius 1 is 1.33 bits per heavy atom. The highest BCUT2D eigenvalue weighted by atomic mass is 16.5. The Labute approximate surface area is 139 Å². The molecular formula is C17H19N3O4. The van der Waals surface area contributed by atoms with E-state index in [-0.39, 0.29) is 13.0 Å². The van der Waals surface area contributed by atoms with Crippen LogP contribution in [0.5, 0.6) is 0 Å². The smallest absolute Gasteiger partial charge is 0.408 e. The molecular weight excluding hydrogens is 310 g/mol. The molecule has 1 fully saturated rings. The Morgan fingerprint density at radius 3 is 2.75 bits per heavy atom. The van der Waals surface area contributed by atoms with E-state index in [1.807, 2.05) is 34.9 Å². The number of amides is 1. The molecule has 1 aromatic heterocycles. The summed E-state index contributed by atoms with van der Waals surface area (Å²) >= 11 is 0. The van der Waals surface area contributed by atoms with Gasteiger partial charge in [0.2, 0.25) is 0 Å². The second-order valence-corrected chi connectivity index (χ2v) is 5.81. The van der Waals surface area contributed by atoms with Crippen LogP contribution in [0.15, 0.2) is 42.9 Å². The predicted molar refractivity (Wildman–Crippen MR) is 85.3 cm³/mol. The van der Waals surface area contributed by atoms with E-state index < -0.39 is 18.1 Å². The molecule has 7 nitrogen and oxygen atoms in total. The van der Waals surface area contributed by atoms with Gasteiger partial charge in [-0.3, -0.25) is 4.79 Å². The summed E-state index contributed by atoms with van der Waals surface area (Å²) < 4.78 is 7.12. The van der Waals surface area contributed by atoms with Crippen molar-refractivity contribution in [2.24, 2.45) is 0 Å². The fraction of sp³-hybridized carbons (Fsp3) is 0.353. The lowest BCUT2D eigenvalue weighted by Gasteiger charge is -2.18. The third-order valence-corrected chi connectivity index (χ3v) is 3.88. The molecule has 0 bridgehead atoms. The Bertz CT molecular complexity index is 710. The first-order valence-corrected chi connectivity index (χ1v) is 7.84. The van der Waals surface area contributed by atoms with Gasteiger partial charge in [0, 0.05) is 6.04 Å². The molecule has 1 amide bonds. The van der Waals surface area contributed by atoms with Crippen molar-refractivity contribution in [2.75, 3.05) is 0 Å². The number of aliphatic carboxylic acids is 1. The van der Waals surface area contributed by atoms with Crippen LogP contribution in [-0.4, -0.2) is 26.7 Å². The van der Waals surface area contributed by atoms with Crippen molar-refractivity contribution in [1.82, 2.24) is 14.9 Å². The number of rotatable bonds is 7. The Morgan fingerprint density at radius 2 is 2.08 bits per heavy atom. The van der Waals surface area contributed by atoms with Gasteiger partial charge in [-0.05, 0) is 18.4 Å². The first-order valence-electron chi connectivity index (χ1n) is 7.84. The molecule has 2 N–H and O–H groups in total. The van der Waals surface area contributed by atoms with Crippen molar-refractivity contribution in [3.8, 4) is 0 Å². The summed E-state index contributed by atoms with van der Waals surface area (Å²) in [5.41, 5.74) is 1.56. The van der Waals surface area contributed by atoms with E-state index in [1.165, 1.54) is 0 Å². The van der Waals surface area contributed by atoms with E-state index >= 15 is 0 Å². The average Bonchev–Trinajstić information content (AvgIpc) is 3.30. The normalized spacial score (nSPS) is 14.8. The quantitative estimate of drug-likeness (QED) is 0.814. The van der Waals surface area contributed by atoms with E-state index in [0.717, 1.165) is 18.4 Å². The Balaban J connectivity index is 1.64. The van der Waals surface area contributed by atoms with Gasteiger partial charge in [0.15, 0.2) is 0 Å². The third-order valence-electron chi connectivity index (χ3n) is 3.88. The maximum Gasteiger partial charge on any atom is 0.408 e. The average molecular weight is 329 g/mol. The minimum Gasteiger partial charge on any atom is -0.481 e. The van der Waals surface area contributed by atoms with E-state index in [0.29, 0.717) is 11.7 Å². The van der Waals surface area contributed by atoms with Crippen LogP contribution in [-0.2, 0) is 16.1 Å². The zero-order chi connectivity index (χ0) is 16.9. The molecule has 3 rings (SSSR count). The second kappa shape index (κ2) is 7.16. The largest absolute Gasteiger partial charge is 0.481 e. The highest BCUT2D eigenvalue weighted by Gasteiger charge is 2.29. The summed E-state index contributed by atoms with van der Waals surface area (Å²) in [6.07, 6.45) is 4.50. The Kier molecular flexibility index (Phi) is 4.79. The molecule has 1 unspecified atom stereocenters. The van der Waals surface area contributed by atoms with Crippen molar-refractivity contribution >= 4 is 12.1 Å². The van der Waals surface area contributed by atoms with Crippen LogP contribution in [0.2, 0.25) is 0 Å². The van der Waals surface area contributed by atoms with Gasteiger partial charge in [-0.25, -0.2) is 9.78 Å². The lowest BCUT2D eigenvalue weighted by molar-refractivity contribution is -0.137. The number of aromatic nitrogens is 2. The van der Waals surface area contributed by atoms with Gasteiger partial charge in [-0.1, -0.05) is 30.3 Å². The summed E-state index contributed by atoms with van der Waals surface area (Å²) in [7, 11) is 0. The van der Waals surface area contributed by atoms with Crippen LogP contribution in [0.4, 0.5) is 4.79 Å². The summed E-state index contributed by atoms with van der Waals surface area (Å²) in [5, 5.41) is 11.8. The van der Waals surface area contributed by atoms with E-state index in [9.17, 15) is 9.59 Å². The summed E-state index contributed by atoms with van der Waals surface area (Å²) in [6, 6.07) is 8.98. The number of carboxylic acid groups (broad SMARTS) is 1. The van der Waals surface area contributed by atoms with Crippen LogP contribution in [0.25, 0.3) is 0 Å². The predicted octanol–water partition coefficient (Wildman–Crippen LogP) is 2.66. The van der Waals surface area contributed by atoms with Gasteiger partial charge < -0.3 is 19.7 Å². The number of ether oxygens (including phenoxy) is 1. The van der Waals surface area contributed by atoms with Crippen molar-refractivity contribution in [3.05, 3.63) is 54.1 Å². The summed E-state index contributed by atoms with van der Waals surface area (Å²) in [5.74, 6) is -0.994. The van der Waals surface area contributed by atoms with Crippen molar-refractivity contribution < 1.29 is 19.4 Å². The van der Waals surface area contributed by atoms with E-state index in [1.54, 1.807) is 12.5 Å². The first kappa shape index (κ1) is 16.0. The molecule has 1 atom stereocenters. The molecule has 0 aliphatic heterocycles. The van der Waals surface area contributed by atoms with Crippen LogP contribution >= 0.6 is 0 Å². The molecule has 0 radical (unpaired) electrons. The number of alkyl carbamates (subject to hydrolysis) is 1. The molecule has 1 saturated carbocycles. The highest BCUT2D eigenvalue weighted by molar-refractivity contribution is 5.71. The topological polar surface area (TPSA) is 93.5 Å². The highest BCUT2D eigenvalue weighted by Crippen LogP contribution is 2.37. The number of benzene rings is 1. The fourth-order valence-corrected chi connectivity index (χ4v) is 2.55. The van der Waals surface area contributed by atoms with Crippen molar-refractivity contribution in [3.63, 3.8) is 0 Å². The lowest BCUT2D eigenvalue weighted by atomic mass is 10.1. The molecule has 0 spiro atoms. The van der Waals surface area contributed by atoms with Gasteiger partial charge in [0.25, 0.3) is 0 Å². The number of nitrogens with one attached hydrogen (secondary N) is 1. The minimum absolute atomic E-state index is 0.133. The molecule has 1 aliphatic rings. The molecule has 1 aromatic carbocycles. The van der Waals surface area contributed by atoms with Crippen LogP contribution in [0, 0.1) is 0 Å². The number of carboxylic acids is 1. The van der Waals surface area contributed by atoms with E-state index in [2.05, 4.69) is 10.3 Å². The first-order chi connectivity index (χ1) is 11.6. The van der Waals surface area contributed by atoms with Crippen molar-refractivity contribution in [1.29, 1.82) is 0 Å². The zero-order valence-corrected chi connectivity index (χ0v) is 13.1. The number of nitrogens with zero attached hydrogens (tertiary/aromatic N) is 2. The standard InChI is InChI=1S/C17H19N3O4/c21-16(22)8-14(15-9-18-11-20(15)13-6-7-13)19-17(23)24-10-12-4-2-1-3-5-12/h1-5,9,11,13-14H,6-8,10H2,(H,19,23)(H,21,22). The molecule has 1 heterocycles. The van der Waals surface area contributed by atoms with E-state index in [4.69, 9.17) is 9.84 Å². The zero-order valence-electron chi connectivity index (χ0n) is 13.1. The maximum atomic E-state index is 12.0.